The molecule has 0 radical (unpaired) electrons. The number of ether oxygens (including phenoxy) is 1. The van der Waals surface area contributed by atoms with E-state index in [0.717, 1.165) is 48.5 Å². The van der Waals surface area contributed by atoms with Crippen LogP contribution in [-0.2, 0) is 11.2 Å². The topological polar surface area (TPSA) is 45.7 Å². The van der Waals surface area contributed by atoms with Crippen molar-refractivity contribution < 1.29 is 22.7 Å². The fourth-order valence-electron chi connectivity index (χ4n) is 3.98. The Balaban J connectivity index is 1.37. The Hall–Kier alpha value is -2.77. The molecular weight excluding hydrogens is 383 g/mol. The van der Waals surface area contributed by atoms with Crippen LogP contribution in [0, 0.1) is 23.4 Å². The Morgan fingerprint density at radius 3 is 2.48 bits per heavy atom. The number of hydrogen-bond donors (Lipinski definition) is 0. The number of nitrogens with zero attached hydrogens (tertiary/aromatic N) is 3. The van der Waals surface area contributed by atoms with E-state index in [1.165, 1.54) is 0 Å². The molecule has 1 aromatic carbocycles. The predicted molar refractivity (Wildman–Crippen MR) is 103 cm³/mol. The molecule has 1 aromatic heterocycles. The van der Waals surface area contributed by atoms with Crippen molar-refractivity contribution in [3.05, 3.63) is 47.5 Å². The standard InChI is InChI=1S/C21H22F3N3O2/c1-3-27-19-10-25-13(7-18(19)26(2)11-20(27)28)4-12-5-14(6-12)29-15-8-16(22)21(24)17(23)9-15/h7-10,12,14H,3-6,11H2,1-2H3. The van der Waals surface area contributed by atoms with Crippen LogP contribution in [0.5, 0.6) is 5.75 Å². The van der Waals surface area contributed by atoms with Crippen molar-refractivity contribution in [3.63, 3.8) is 0 Å². The quantitative estimate of drug-likeness (QED) is 0.712. The van der Waals surface area contributed by atoms with Gasteiger partial charge in [-0.3, -0.25) is 9.78 Å². The van der Waals surface area contributed by atoms with E-state index in [2.05, 4.69) is 4.98 Å². The summed E-state index contributed by atoms with van der Waals surface area (Å²) in [7, 11) is 1.89. The molecule has 1 amide bonds. The predicted octanol–water partition coefficient (Wildman–Crippen LogP) is 3.70. The van der Waals surface area contributed by atoms with Crippen molar-refractivity contribution in [2.45, 2.75) is 32.3 Å². The van der Waals surface area contributed by atoms with Crippen LogP contribution in [0.25, 0.3) is 0 Å². The summed E-state index contributed by atoms with van der Waals surface area (Å²) >= 11 is 0. The van der Waals surface area contributed by atoms with Gasteiger partial charge in [0.25, 0.3) is 0 Å². The molecule has 5 nitrogen and oxygen atoms in total. The molecule has 2 heterocycles. The summed E-state index contributed by atoms with van der Waals surface area (Å²) in [6, 6.07) is 3.75. The van der Waals surface area contributed by atoms with Gasteiger partial charge in [0, 0.05) is 31.4 Å². The molecule has 0 N–H and O–H groups in total. The Labute approximate surface area is 167 Å². The first kappa shape index (κ1) is 19.5. The Kier molecular flexibility index (Phi) is 5.10. The zero-order valence-corrected chi connectivity index (χ0v) is 16.3. The third-order valence-corrected chi connectivity index (χ3v) is 5.56. The minimum Gasteiger partial charge on any atom is -0.490 e. The van der Waals surface area contributed by atoms with Crippen LogP contribution in [0.4, 0.5) is 24.5 Å². The molecule has 0 bridgehead atoms. The highest BCUT2D eigenvalue weighted by atomic mass is 19.2. The normalized spacial score (nSPS) is 21.1. The number of fused-ring (bicyclic) bond motifs is 1. The van der Waals surface area contributed by atoms with Gasteiger partial charge in [-0.1, -0.05) is 0 Å². The van der Waals surface area contributed by atoms with Crippen LogP contribution in [-0.4, -0.2) is 37.1 Å². The second kappa shape index (κ2) is 7.57. The average Bonchev–Trinajstić information content (AvgIpc) is 2.65. The van der Waals surface area contributed by atoms with Gasteiger partial charge < -0.3 is 14.5 Å². The van der Waals surface area contributed by atoms with Crippen LogP contribution in [0.3, 0.4) is 0 Å². The molecule has 0 unspecified atom stereocenters. The van der Waals surface area contributed by atoms with Crippen LogP contribution in [0.2, 0.25) is 0 Å². The summed E-state index contributed by atoms with van der Waals surface area (Å²) in [5, 5.41) is 0. The molecule has 29 heavy (non-hydrogen) atoms. The molecule has 0 saturated heterocycles. The first-order valence-corrected chi connectivity index (χ1v) is 9.67. The molecule has 2 aliphatic rings. The Morgan fingerprint density at radius 2 is 1.83 bits per heavy atom. The number of aromatic nitrogens is 1. The summed E-state index contributed by atoms with van der Waals surface area (Å²) < 4.78 is 45.2. The maximum Gasteiger partial charge on any atom is 0.246 e. The van der Waals surface area contributed by atoms with Crippen molar-refractivity contribution >= 4 is 17.3 Å². The van der Waals surface area contributed by atoms with Gasteiger partial charge in [-0.2, -0.15) is 0 Å². The number of hydrogen-bond acceptors (Lipinski definition) is 4. The van der Waals surface area contributed by atoms with E-state index in [0.29, 0.717) is 19.0 Å². The maximum atomic E-state index is 13.3. The van der Waals surface area contributed by atoms with E-state index < -0.39 is 17.5 Å². The minimum absolute atomic E-state index is 0.00250. The van der Waals surface area contributed by atoms with Gasteiger partial charge in [0.15, 0.2) is 17.5 Å². The van der Waals surface area contributed by atoms with Gasteiger partial charge in [0.05, 0.1) is 30.2 Å². The van der Waals surface area contributed by atoms with Gasteiger partial charge in [0.1, 0.15) is 5.75 Å². The lowest BCUT2D eigenvalue weighted by Crippen LogP contribution is -2.44. The molecule has 1 aliphatic carbocycles. The number of likely N-dealkylation sites (N-methyl/N-ethyl adjacent to an activating group) is 2. The van der Waals surface area contributed by atoms with Crippen LogP contribution >= 0.6 is 0 Å². The zero-order valence-electron chi connectivity index (χ0n) is 16.3. The SMILES string of the molecule is CCN1C(=O)CN(C)c2cc(CC3CC(Oc4cc(F)c(F)c(F)c4)C3)ncc21. The number of carbonyl (C=O) groups excluding carboxylic acids is 1. The van der Waals surface area contributed by atoms with E-state index in [1.807, 2.05) is 24.9 Å². The van der Waals surface area contributed by atoms with Gasteiger partial charge >= 0.3 is 0 Å². The second-order valence-electron chi connectivity index (χ2n) is 7.64. The molecule has 0 spiro atoms. The maximum absolute atomic E-state index is 13.3. The molecule has 154 valence electrons. The van der Waals surface area contributed by atoms with E-state index in [-0.39, 0.29) is 17.8 Å². The molecule has 0 atom stereocenters. The molecule has 1 saturated carbocycles. The lowest BCUT2D eigenvalue weighted by atomic mass is 9.79. The lowest BCUT2D eigenvalue weighted by Gasteiger charge is -2.36. The monoisotopic (exact) mass is 405 g/mol. The smallest absolute Gasteiger partial charge is 0.246 e. The third kappa shape index (κ3) is 3.75. The summed E-state index contributed by atoms with van der Waals surface area (Å²) in [5.74, 6) is -3.59. The lowest BCUT2D eigenvalue weighted by molar-refractivity contribution is -0.117. The summed E-state index contributed by atoms with van der Waals surface area (Å²) in [5.41, 5.74) is 2.74. The molecule has 2 aromatic rings. The Bertz CT molecular complexity index is 924. The number of anilines is 2. The first-order chi connectivity index (χ1) is 13.9. The summed E-state index contributed by atoms with van der Waals surface area (Å²) in [6.07, 6.45) is 3.81. The largest absolute Gasteiger partial charge is 0.490 e. The minimum atomic E-state index is -1.49. The highest BCUT2D eigenvalue weighted by Crippen LogP contribution is 2.37. The van der Waals surface area contributed by atoms with E-state index >= 15 is 0 Å². The summed E-state index contributed by atoms with van der Waals surface area (Å²) in [4.78, 5) is 20.3. The van der Waals surface area contributed by atoms with Crippen molar-refractivity contribution in [2.24, 2.45) is 5.92 Å². The van der Waals surface area contributed by atoms with Crippen molar-refractivity contribution in [2.75, 3.05) is 29.9 Å². The molecule has 1 fully saturated rings. The van der Waals surface area contributed by atoms with Gasteiger partial charge in [-0.15, -0.1) is 0 Å². The van der Waals surface area contributed by atoms with Crippen molar-refractivity contribution in [1.29, 1.82) is 0 Å². The van der Waals surface area contributed by atoms with E-state index in [1.54, 1.807) is 11.1 Å². The van der Waals surface area contributed by atoms with Crippen molar-refractivity contribution in [1.82, 2.24) is 4.98 Å². The number of rotatable bonds is 5. The highest BCUT2D eigenvalue weighted by molar-refractivity contribution is 6.02. The average molecular weight is 405 g/mol. The fourth-order valence-corrected chi connectivity index (χ4v) is 3.98. The highest BCUT2D eigenvalue weighted by Gasteiger charge is 2.33. The first-order valence-electron chi connectivity index (χ1n) is 9.67. The van der Waals surface area contributed by atoms with Crippen LogP contribution < -0.4 is 14.5 Å². The molecular formula is C21H22F3N3O2. The molecule has 8 heteroatoms. The van der Waals surface area contributed by atoms with Gasteiger partial charge in [-0.05, 0) is 38.2 Å². The van der Waals surface area contributed by atoms with Crippen LogP contribution in [0.15, 0.2) is 24.4 Å². The summed E-state index contributed by atoms with van der Waals surface area (Å²) in [6.45, 7) is 2.88. The number of halogens is 3. The second-order valence-corrected chi connectivity index (χ2v) is 7.64. The fraction of sp³-hybridized carbons (Fsp3) is 0.429. The number of carbonyl (C=O) groups is 1. The van der Waals surface area contributed by atoms with Gasteiger partial charge in [0.2, 0.25) is 5.91 Å². The number of amides is 1. The van der Waals surface area contributed by atoms with E-state index in [9.17, 15) is 18.0 Å². The molecule has 4 rings (SSSR count). The van der Waals surface area contributed by atoms with Crippen molar-refractivity contribution in [3.8, 4) is 5.75 Å². The number of pyridine rings is 1. The Morgan fingerprint density at radius 1 is 1.14 bits per heavy atom. The zero-order chi connectivity index (χ0) is 20.7. The molecule has 1 aliphatic heterocycles. The third-order valence-electron chi connectivity index (χ3n) is 5.56. The van der Waals surface area contributed by atoms with Gasteiger partial charge in [-0.25, -0.2) is 13.2 Å². The van der Waals surface area contributed by atoms with E-state index in [4.69, 9.17) is 4.74 Å². The van der Waals surface area contributed by atoms with Crippen LogP contribution in [0.1, 0.15) is 25.5 Å². The number of benzene rings is 1.